The average molecular weight is 412 g/mol. The summed E-state index contributed by atoms with van der Waals surface area (Å²) in [5.74, 6) is -0.502. The second-order valence-electron chi connectivity index (χ2n) is 6.96. The van der Waals surface area contributed by atoms with Gasteiger partial charge in [0.1, 0.15) is 10.8 Å². The molecule has 4 rings (SSSR count). The van der Waals surface area contributed by atoms with Gasteiger partial charge in [-0.25, -0.2) is 9.37 Å². The van der Waals surface area contributed by atoms with E-state index >= 15 is 0 Å². The van der Waals surface area contributed by atoms with Gasteiger partial charge in [0.05, 0.1) is 25.3 Å². The molecule has 0 saturated carbocycles. The topological polar surface area (TPSA) is 54.5 Å². The number of benzene rings is 2. The van der Waals surface area contributed by atoms with Crippen LogP contribution in [-0.2, 0) is 22.5 Å². The lowest BCUT2D eigenvalue weighted by atomic mass is 10.1. The van der Waals surface area contributed by atoms with Gasteiger partial charge >= 0.3 is 0 Å². The second kappa shape index (κ2) is 9.26. The summed E-state index contributed by atoms with van der Waals surface area (Å²) >= 11 is 1.53. The molecular weight excluding hydrogens is 389 g/mol. The molecule has 29 heavy (non-hydrogen) atoms. The monoisotopic (exact) mass is 411 g/mol. The van der Waals surface area contributed by atoms with Gasteiger partial charge in [-0.1, -0.05) is 18.2 Å². The number of aromatic nitrogens is 1. The quantitative estimate of drug-likeness (QED) is 0.667. The summed E-state index contributed by atoms with van der Waals surface area (Å²) in [5, 5.41) is 5.58. The zero-order valence-electron chi connectivity index (χ0n) is 15.9. The number of hydrogen-bond acceptors (Lipinski definition) is 5. The van der Waals surface area contributed by atoms with E-state index in [0.29, 0.717) is 5.69 Å². The fourth-order valence-corrected chi connectivity index (χ4v) is 4.06. The van der Waals surface area contributed by atoms with Crippen molar-refractivity contribution in [2.24, 2.45) is 0 Å². The van der Waals surface area contributed by atoms with Crippen LogP contribution in [0.3, 0.4) is 0 Å². The number of nitrogens with one attached hydrogen (secondary N) is 1. The predicted molar refractivity (Wildman–Crippen MR) is 112 cm³/mol. The fraction of sp³-hybridized carbons (Fsp3) is 0.273. The Balaban J connectivity index is 1.38. The van der Waals surface area contributed by atoms with Crippen LogP contribution in [0.4, 0.5) is 10.1 Å². The lowest BCUT2D eigenvalue weighted by Gasteiger charge is -2.26. The van der Waals surface area contributed by atoms with Crippen LogP contribution in [0.2, 0.25) is 0 Å². The molecule has 150 valence electrons. The van der Waals surface area contributed by atoms with Crippen molar-refractivity contribution in [2.45, 2.75) is 13.0 Å². The number of thiazole rings is 1. The third-order valence-corrected chi connectivity index (χ3v) is 5.65. The summed E-state index contributed by atoms with van der Waals surface area (Å²) in [5.41, 5.74) is 3.60. The van der Waals surface area contributed by atoms with E-state index in [9.17, 15) is 9.18 Å². The van der Waals surface area contributed by atoms with E-state index in [2.05, 4.69) is 27.3 Å². The molecular formula is C22H22FN3O2S. The highest BCUT2D eigenvalue weighted by Gasteiger charge is 2.13. The number of carbonyl (C=O) groups is 1. The number of halogens is 1. The van der Waals surface area contributed by atoms with Crippen LogP contribution in [0.1, 0.15) is 11.3 Å². The highest BCUT2D eigenvalue weighted by molar-refractivity contribution is 7.13. The fourth-order valence-electron chi connectivity index (χ4n) is 3.24. The first-order valence-corrected chi connectivity index (χ1v) is 10.4. The van der Waals surface area contributed by atoms with Crippen LogP contribution in [0, 0.1) is 5.82 Å². The first-order chi connectivity index (χ1) is 14.2. The molecule has 0 radical (unpaired) electrons. The Hall–Kier alpha value is -2.61. The molecule has 2 aromatic carbocycles. The molecule has 5 nitrogen and oxygen atoms in total. The number of rotatable bonds is 6. The largest absolute Gasteiger partial charge is 0.379 e. The Labute approximate surface area is 173 Å². The number of ether oxygens (including phenoxy) is 1. The molecule has 1 aliphatic rings. The normalized spacial score (nSPS) is 14.7. The Bertz CT molecular complexity index is 968. The summed E-state index contributed by atoms with van der Waals surface area (Å²) < 4.78 is 18.4. The SMILES string of the molecule is O=C(Cc1csc(-c2cccc(CN3CCOCC3)c2)n1)Nc1ccc(F)cc1. The average Bonchev–Trinajstić information content (AvgIpc) is 3.19. The van der Waals surface area contributed by atoms with Crippen molar-refractivity contribution in [1.29, 1.82) is 0 Å². The first-order valence-electron chi connectivity index (χ1n) is 9.55. The van der Waals surface area contributed by atoms with Gasteiger partial charge in [-0.05, 0) is 35.9 Å². The molecule has 0 aliphatic carbocycles. The van der Waals surface area contributed by atoms with Crippen molar-refractivity contribution >= 4 is 22.9 Å². The van der Waals surface area contributed by atoms with Gasteiger partial charge in [0.25, 0.3) is 0 Å². The lowest BCUT2D eigenvalue weighted by molar-refractivity contribution is -0.115. The standard InChI is InChI=1S/C22H22FN3O2S/c23-18-4-6-19(7-5-18)24-21(27)13-20-15-29-22(25-20)17-3-1-2-16(12-17)14-26-8-10-28-11-9-26/h1-7,12,15H,8-11,13-14H2,(H,24,27). The van der Waals surface area contributed by atoms with Crippen LogP contribution in [0.15, 0.2) is 53.9 Å². The Morgan fingerprint density at radius 1 is 1.17 bits per heavy atom. The van der Waals surface area contributed by atoms with Gasteiger partial charge in [0, 0.05) is 36.3 Å². The highest BCUT2D eigenvalue weighted by Crippen LogP contribution is 2.25. The van der Waals surface area contributed by atoms with Crippen molar-refractivity contribution in [3.63, 3.8) is 0 Å². The van der Waals surface area contributed by atoms with Gasteiger partial charge in [-0.3, -0.25) is 9.69 Å². The maximum Gasteiger partial charge on any atom is 0.230 e. The third-order valence-electron chi connectivity index (χ3n) is 4.71. The molecule has 2 heterocycles. The minimum absolute atomic E-state index is 0.172. The van der Waals surface area contributed by atoms with Crippen molar-refractivity contribution in [3.8, 4) is 10.6 Å². The minimum atomic E-state index is -0.331. The van der Waals surface area contributed by atoms with E-state index in [4.69, 9.17) is 4.74 Å². The van der Waals surface area contributed by atoms with Crippen molar-refractivity contribution in [2.75, 3.05) is 31.6 Å². The van der Waals surface area contributed by atoms with Crippen LogP contribution >= 0.6 is 11.3 Å². The van der Waals surface area contributed by atoms with Crippen molar-refractivity contribution in [3.05, 3.63) is 71.0 Å². The summed E-state index contributed by atoms with van der Waals surface area (Å²) in [6, 6.07) is 14.1. The van der Waals surface area contributed by atoms with Gasteiger partial charge in [0.2, 0.25) is 5.91 Å². The second-order valence-corrected chi connectivity index (χ2v) is 7.82. The first kappa shape index (κ1) is 19.7. The van der Waals surface area contributed by atoms with E-state index in [1.807, 2.05) is 17.5 Å². The number of nitrogens with zero attached hydrogens (tertiary/aromatic N) is 2. The molecule has 1 aliphatic heterocycles. The van der Waals surface area contributed by atoms with Gasteiger partial charge in [0.15, 0.2) is 0 Å². The van der Waals surface area contributed by atoms with Crippen LogP contribution in [-0.4, -0.2) is 42.1 Å². The third kappa shape index (κ3) is 5.47. The molecule has 0 bridgehead atoms. The van der Waals surface area contributed by atoms with E-state index < -0.39 is 0 Å². The van der Waals surface area contributed by atoms with Crippen molar-refractivity contribution in [1.82, 2.24) is 9.88 Å². The van der Waals surface area contributed by atoms with E-state index in [1.165, 1.54) is 29.0 Å². The Kier molecular flexibility index (Phi) is 6.29. The molecule has 7 heteroatoms. The molecule has 1 N–H and O–H groups in total. The molecule has 0 spiro atoms. The smallest absolute Gasteiger partial charge is 0.230 e. The number of carbonyl (C=O) groups excluding carboxylic acids is 1. The highest BCUT2D eigenvalue weighted by atomic mass is 32.1. The number of amides is 1. The maximum absolute atomic E-state index is 13.0. The molecule has 1 saturated heterocycles. The number of anilines is 1. The Morgan fingerprint density at radius 2 is 1.97 bits per heavy atom. The summed E-state index contributed by atoms with van der Waals surface area (Å²) in [4.78, 5) is 19.2. The van der Waals surface area contributed by atoms with Gasteiger partial charge in [-0.15, -0.1) is 11.3 Å². The molecule has 0 unspecified atom stereocenters. The van der Waals surface area contributed by atoms with E-state index in [0.717, 1.165) is 49.1 Å². The van der Waals surface area contributed by atoms with E-state index in [-0.39, 0.29) is 18.1 Å². The lowest BCUT2D eigenvalue weighted by Crippen LogP contribution is -2.35. The predicted octanol–water partition coefficient (Wildman–Crippen LogP) is 3.96. The van der Waals surface area contributed by atoms with E-state index in [1.54, 1.807) is 12.1 Å². The Morgan fingerprint density at radius 3 is 2.76 bits per heavy atom. The molecule has 1 fully saturated rings. The number of hydrogen-bond donors (Lipinski definition) is 1. The van der Waals surface area contributed by atoms with Gasteiger partial charge < -0.3 is 10.1 Å². The summed E-state index contributed by atoms with van der Waals surface area (Å²) in [7, 11) is 0. The molecule has 0 atom stereocenters. The maximum atomic E-state index is 13.0. The minimum Gasteiger partial charge on any atom is -0.379 e. The van der Waals surface area contributed by atoms with Crippen LogP contribution in [0.25, 0.3) is 10.6 Å². The summed E-state index contributed by atoms with van der Waals surface area (Å²) in [6.45, 7) is 4.38. The number of morpholine rings is 1. The van der Waals surface area contributed by atoms with Crippen LogP contribution < -0.4 is 5.32 Å². The molecule has 1 aromatic heterocycles. The molecule has 1 amide bonds. The van der Waals surface area contributed by atoms with Crippen molar-refractivity contribution < 1.29 is 13.9 Å². The molecule has 3 aromatic rings. The summed E-state index contributed by atoms with van der Waals surface area (Å²) in [6.07, 6.45) is 0.182. The van der Waals surface area contributed by atoms with Crippen LogP contribution in [0.5, 0.6) is 0 Å². The van der Waals surface area contributed by atoms with Gasteiger partial charge in [-0.2, -0.15) is 0 Å². The zero-order chi connectivity index (χ0) is 20.1. The zero-order valence-corrected chi connectivity index (χ0v) is 16.8.